The zero-order chi connectivity index (χ0) is 14.1. The molecule has 2 rings (SSSR count). The minimum Gasteiger partial charge on any atom is -0.348 e. The quantitative estimate of drug-likeness (QED) is 0.789. The monoisotopic (exact) mass is 286 g/mol. The highest BCUT2D eigenvalue weighted by molar-refractivity contribution is 7.86. The molecular formula is C13H18O5S. The molecule has 1 aliphatic rings. The van der Waals surface area contributed by atoms with Crippen LogP contribution in [0.2, 0.25) is 0 Å². The van der Waals surface area contributed by atoms with Gasteiger partial charge in [0, 0.05) is 6.42 Å². The van der Waals surface area contributed by atoms with Crippen LogP contribution in [0.4, 0.5) is 0 Å². The fraction of sp³-hybridized carbons (Fsp3) is 0.538. The predicted molar refractivity (Wildman–Crippen MR) is 69.2 cm³/mol. The maximum atomic E-state index is 11.5. The van der Waals surface area contributed by atoms with E-state index in [-0.39, 0.29) is 11.0 Å². The Kier molecular flexibility index (Phi) is 3.96. The van der Waals surface area contributed by atoms with Crippen molar-refractivity contribution in [3.63, 3.8) is 0 Å². The van der Waals surface area contributed by atoms with Crippen molar-refractivity contribution in [3.8, 4) is 0 Å². The van der Waals surface area contributed by atoms with Gasteiger partial charge in [0.15, 0.2) is 5.79 Å². The smallest absolute Gasteiger partial charge is 0.296 e. The van der Waals surface area contributed by atoms with Crippen molar-refractivity contribution in [3.05, 3.63) is 29.8 Å². The highest BCUT2D eigenvalue weighted by Gasteiger charge is 2.32. The molecule has 0 radical (unpaired) electrons. The zero-order valence-electron chi connectivity index (χ0n) is 11.3. The van der Waals surface area contributed by atoms with Crippen molar-refractivity contribution in [1.29, 1.82) is 0 Å². The molecule has 0 N–H and O–H groups in total. The zero-order valence-corrected chi connectivity index (χ0v) is 12.1. The van der Waals surface area contributed by atoms with Gasteiger partial charge in [-0.2, -0.15) is 8.42 Å². The molecule has 0 bridgehead atoms. The summed E-state index contributed by atoms with van der Waals surface area (Å²) in [5.74, 6) is -0.538. The molecule has 106 valence electrons. The summed E-state index contributed by atoms with van der Waals surface area (Å²) in [5.41, 5.74) is 1.00. The van der Waals surface area contributed by atoms with Gasteiger partial charge in [-0.25, -0.2) is 0 Å². The van der Waals surface area contributed by atoms with Gasteiger partial charge in [-0.3, -0.25) is 4.18 Å². The Labute approximate surface area is 113 Å². The van der Waals surface area contributed by atoms with Gasteiger partial charge in [-0.1, -0.05) is 12.1 Å². The lowest BCUT2D eigenvalue weighted by atomic mass is 10.1. The van der Waals surface area contributed by atoms with Crippen LogP contribution in [0.1, 0.15) is 19.4 Å². The van der Waals surface area contributed by atoms with E-state index in [1.807, 2.05) is 13.8 Å². The molecule has 0 amide bonds. The molecule has 1 aliphatic heterocycles. The van der Waals surface area contributed by atoms with Crippen LogP contribution in [-0.4, -0.2) is 34.0 Å². The average molecular weight is 286 g/mol. The first kappa shape index (κ1) is 14.5. The summed E-state index contributed by atoms with van der Waals surface area (Å²) in [6, 6.07) is 6.60. The van der Waals surface area contributed by atoms with E-state index in [9.17, 15) is 8.42 Å². The van der Waals surface area contributed by atoms with E-state index < -0.39 is 15.9 Å². The second-order valence-electron chi connectivity index (χ2n) is 4.92. The molecule has 1 heterocycles. The molecule has 6 heteroatoms. The molecule has 0 aromatic heterocycles. The molecule has 1 fully saturated rings. The summed E-state index contributed by atoms with van der Waals surface area (Å²) in [7, 11) is -2.47. The largest absolute Gasteiger partial charge is 0.348 e. The van der Waals surface area contributed by atoms with Crippen LogP contribution >= 0.6 is 0 Å². The molecule has 1 aromatic rings. The first-order chi connectivity index (χ1) is 8.82. The van der Waals surface area contributed by atoms with E-state index in [2.05, 4.69) is 4.18 Å². The molecule has 1 saturated heterocycles. The van der Waals surface area contributed by atoms with Crippen LogP contribution in [-0.2, 0) is 30.2 Å². The van der Waals surface area contributed by atoms with E-state index in [0.717, 1.165) is 12.7 Å². The van der Waals surface area contributed by atoms with Crippen molar-refractivity contribution in [1.82, 2.24) is 0 Å². The van der Waals surface area contributed by atoms with Crippen LogP contribution in [0.3, 0.4) is 0 Å². The van der Waals surface area contributed by atoms with Crippen molar-refractivity contribution >= 4 is 10.1 Å². The van der Waals surface area contributed by atoms with Crippen LogP contribution < -0.4 is 0 Å². The van der Waals surface area contributed by atoms with Crippen LogP contribution in [0.25, 0.3) is 0 Å². The molecule has 0 unspecified atom stereocenters. The van der Waals surface area contributed by atoms with Crippen molar-refractivity contribution in [2.24, 2.45) is 0 Å². The Morgan fingerprint density at radius 2 is 1.95 bits per heavy atom. The van der Waals surface area contributed by atoms with Crippen molar-refractivity contribution in [2.75, 3.05) is 13.7 Å². The third-order valence-electron chi connectivity index (χ3n) is 2.96. The Bertz CT molecular complexity index is 533. The van der Waals surface area contributed by atoms with Crippen LogP contribution in [0.15, 0.2) is 29.2 Å². The van der Waals surface area contributed by atoms with Gasteiger partial charge in [-0.15, -0.1) is 0 Å². The summed E-state index contributed by atoms with van der Waals surface area (Å²) >= 11 is 0. The summed E-state index contributed by atoms with van der Waals surface area (Å²) in [6.45, 7) is 4.30. The van der Waals surface area contributed by atoms with Gasteiger partial charge >= 0.3 is 0 Å². The van der Waals surface area contributed by atoms with Crippen LogP contribution in [0.5, 0.6) is 0 Å². The van der Waals surface area contributed by atoms with Gasteiger partial charge in [0.25, 0.3) is 10.1 Å². The predicted octanol–water partition coefficient (Wildman–Crippen LogP) is 1.72. The lowest BCUT2D eigenvalue weighted by Crippen LogP contribution is -2.22. The van der Waals surface area contributed by atoms with E-state index in [4.69, 9.17) is 9.47 Å². The lowest BCUT2D eigenvalue weighted by molar-refractivity contribution is -0.138. The maximum absolute atomic E-state index is 11.5. The molecule has 0 saturated carbocycles. The van der Waals surface area contributed by atoms with Crippen molar-refractivity contribution in [2.45, 2.75) is 37.1 Å². The molecule has 0 aliphatic carbocycles. The Hall–Kier alpha value is -0.950. The number of ether oxygens (including phenoxy) is 2. The highest BCUT2D eigenvalue weighted by atomic mass is 32.2. The standard InChI is InChI=1S/C13H18O5S/c1-13(2)17-9-11(18-13)8-10-4-6-12(7-5-10)19(14,15)16-3/h4-7,11H,8-9H2,1-3H3/t11-/m1/s1. The Morgan fingerprint density at radius 1 is 1.32 bits per heavy atom. The Balaban J connectivity index is 2.04. The fourth-order valence-electron chi connectivity index (χ4n) is 2.01. The topological polar surface area (TPSA) is 61.8 Å². The van der Waals surface area contributed by atoms with Gasteiger partial charge in [-0.05, 0) is 31.5 Å². The summed E-state index contributed by atoms with van der Waals surface area (Å²) in [4.78, 5) is 0.155. The molecule has 5 nitrogen and oxygen atoms in total. The van der Waals surface area contributed by atoms with Gasteiger partial charge in [0.1, 0.15) is 0 Å². The average Bonchev–Trinajstić information content (AvgIpc) is 2.69. The summed E-state index contributed by atoms with van der Waals surface area (Å²) in [6.07, 6.45) is 0.691. The second kappa shape index (κ2) is 5.20. The summed E-state index contributed by atoms with van der Waals surface area (Å²) < 4.78 is 38.6. The third-order valence-corrected chi connectivity index (χ3v) is 4.25. The first-order valence-electron chi connectivity index (χ1n) is 6.04. The molecule has 1 aromatic carbocycles. The Morgan fingerprint density at radius 3 is 2.42 bits per heavy atom. The third kappa shape index (κ3) is 3.54. The van der Waals surface area contributed by atoms with Gasteiger partial charge in [0.2, 0.25) is 0 Å². The SMILES string of the molecule is COS(=O)(=O)c1ccc(C[C@@H]2COC(C)(C)O2)cc1. The van der Waals surface area contributed by atoms with Gasteiger partial charge < -0.3 is 9.47 Å². The number of rotatable bonds is 4. The minimum atomic E-state index is -3.62. The molecule has 1 atom stereocenters. The minimum absolute atomic E-state index is 0.000109. The second-order valence-corrected chi connectivity index (χ2v) is 6.63. The van der Waals surface area contributed by atoms with E-state index in [1.54, 1.807) is 12.1 Å². The maximum Gasteiger partial charge on any atom is 0.296 e. The fourth-order valence-corrected chi connectivity index (χ4v) is 2.68. The van der Waals surface area contributed by atoms with E-state index in [0.29, 0.717) is 13.0 Å². The molecule has 19 heavy (non-hydrogen) atoms. The first-order valence-corrected chi connectivity index (χ1v) is 7.44. The molecular weight excluding hydrogens is 268 g/mol. The lowest BCUT2D eigenvalue weighted by Gasteiger charge is -2.17. The molecule has 0 spiro atoms. The number of benzene rings is 1. The van der Waals surface area contributed by atoms with Crippen LogP contribution in [0, 0.1) is 0 Å². The van der Waals surface area contributed by atoms with Gasteiger partial charge in [0.05, 0.1) is 24.7 Å². The highest BCUT2D eigenvalue weighted by Crippen LogP contribution is 2.25. The van der Waals surface area contributed by atoms with E-state index >= 15 is 0 Å². The summed E-state index contributed by atoms with van der Waals surface area (Å²) in [5, 5.41) is 0. The number of hydrogen-bond acceptors (Lipinski definition) is 5. The van der Waals surface area contributed by atoms with E-state index in [1.165, 1.54) is 12.1 Å². The van der Waals surface area contributed by atoms with Crippen molar-refractivity contribution < 1.29 is 22.1 Å². The number of hydrogen-bond donors (Lipinski definition) is 0. The normalized spacial score (nSPS) is 22.6.